The first-order valence-corrected chi connectivity index (χ1v) is 13.6. The lowest BCUT2D eigenvalue weighted by molar-refractivity contribution is -0.228. The van der Waals surface area contributed by atoms with Crippen molar-refractivity contribution in [2.24, 2.45) is 10.8 Å². The molecule has 2 saturated heterocycles. The Morgan fingerprint density at radius 3 is 2.72 bits per heavy atom. The smallest absolute Gasteiger partial charge is 0.331 e. The number of rotatable bonds is 11. The SMILES string of the molecule is C[C@H](O)[C@H](/C=C/C=C\C(=O)O[C@@H]1C[C@H]2O[C@@H]3C=C(CO)CC[C@]3(CO)[C@]1(C)[C@]21CO1)OCCC1=CC(=O)OC1. The predicted molar refractivity (Wildman–Crippen MR) is 137 cm³/mol. The molecule has 5 aliphatic rings. The molecule has 0 aromatic heterocycles. The Morgan fingerprint density at radius 2 is 2.08 bits per heavy atom. The molecule has 3 fully saturated rings. The third-order valence-corrected chi connectivity index (χ3v) is 9.41. The number of hydrogen-bond donors (Lipinski definition) is 3. The number of fused-ring (bicyclic) bond motifs is 2. The highest BCUT2D eigenvalue weighted by molar-refractivity contribution is 5.85. The zero-order valence-corrected chi connectivity index (χ0v) is 22.4. The Hall–Kier alpha value is -2.34. The molecule has 10 heteroatoms. The van der Waals surface area contributed by atoms with E-state index in [4.69, 9.17) is 23.7 Å². The first kappa shape index (κ1) is 28.2. The number of aliphatic hydroxyl groups excluding tert-OH is 3. The van der Waals surface area contributed by atoms with Crippen LogP contribution in [0, 0.1) is 10.8 Å². The molecule has 0 amide bonds. The number of hydrogen-bond acceptors (Lipinski definition) is 10. The van der Waals surface area contributed by atoms with Gasteiger partial charge in [0.2, 0.25) is 0 Å². The van der Waals surface area contributed by atoms with Crippen molar-refractivity contribution in [1.82, 2.24) is 0 Å². The van der Waals surface area contributed by atoms with Crippen LogP contribution in [-0.2, 0) is 33.3 Å². The van der Waals surface area contributed by atoms with Gasteiger partial charge in [-0.2, -0.15) is 0 Å². The van der Waals surface area contributed by atoms with Crippen LogP contribution < -0.4 is 0 Å². The van der Waals surface area contributed by atoms with Crippen LogP contribution in [0.2, 0.25) is 0 Å². The molecule has 3 aliphatic heterocycles. The summed E-state index contributed by atoms with van der Waals surface area (Å²) in [5.41, 5.74) is -0.213. The average molecular weight is 547 g/mol. The van der Waals surface area contributed by atoms with Gasteiger partial charge in [0.05, 0.1) is 44.7 Å². The van der Waals surface area contributed by atoms with Crippen LogP contribution in [0.15, 0.2) is 47.6 Å². The maximum absolute atomic E-state index is 12.9. The highest BCUT2D eigenvalue weighted by atomic mass is 16.6. The van der Waals surface area contributed by atoms with Gasteiger partial charge in [-0.3, -0.25) is 0 Å². The van der Waals surface area contributed by atoms with Gasteiger partial charge in [0.15, 0.2) is 0 Å². The number of aliphatic hydroxyl groups is 3. The van der Waals surface area contributed by atoms with Crippen molar-refractivity contribution in [3.8, 4) is 0 Å². The van der Waals surface area contributed by atoms with E-state index >= 15 is 0 Å². The molecule has 2 bridgehead atoms. The van der Waals surface area contributed by atoms with Crippen LogP contribution >= 0.6 is 0 Å². The molecule has 1 saturated carbocycles. The summed E-state index contributed by atoms with van der Waals surface area (Å²) in [6, 6.07) is 0. The highest BCUT2D eigenvalue weighted by Crippen LogP contribution is 2.71. The minimum atomic E-state index is -0.775. The van der Waals surface area contributed by atoms with E-state index < -0.39 is 40.7 Å². The molecule has 3 N–H and O–H groups in total. The lowest BCUT2D eigenvalue weighted by Crippen LogP contribution is -2.66. The molecule has 2 aliphatic carbocycles. The fourth-order valence-corrected chi connectivity index (χ4v) is 6.94. The average Bonchev–Trinajstić information content (AvgIpc) is 3.59. The van der Waals surface area contributed by atoms with Crippen molar-refractivity contribution in [3.63, 3.8) is 0 Å². The Bertz CT molecular complexity index is 1090. The summed E-state index contributed by atoms with van der Waals surface area (Å²) in [5, 5.41) is 30.4. The Morgan fingerprint density at radius 1 is 1.28 bits per heavy atom. The van der Waals surface area contributed by atoms with Crippen LogP contribution in [0.1, 0.15) is 39.5 Å². The molecule has 8 atom stereocenters. The molecule has 10 nitrogen and oxygen atoms in total. The van der Waals surface area contributed by atoms with Crippen molar-refractivity contribution >= 4 is 11.9 Å². The Labute approximate surface area is 227 Å². The fraction of sp³-hybridized carbons (Fsp3) is 0.655. The zero-order chi connectivity index (χ0) is 27.8. The summed E-state index contributed by atoms with van der Waals surface area (Å²) in [4.78, 5) is 24.0. The molecule has 0 radical (unpaired) electrons. The van der Waals surface area contributed by atoms with Crippen molar-refractivity contribution < 1.29 is 48.6 Å². The third-order valence-electron chi connectivity index (χ3n) is 9.41. The largest absolute Gasteiger partial charge is 0.458 e. The fourth-order valence-electron chi connectivity index (χ4n) is 6.94. The number of allylic oxidation sites excluding steroid dienone is 2. The number of carbonyl (C=O) groups is 2. The molecule has 1 spiro atoms. The topological polar surface area (TPSA) is 144 Å². The molecular weight excluding hydrogens is 508 g/mol. The number of ether oxygens (including phenoxy) is 5. The summed E-state index contributed by atoms with van der Waals surface area (Å²) >= 11 is 0. The standard InChI is InChI=1S/C29H38O10/c1-18(32)21(35-10-8-20-12-26(34)36-15-20)5-3-4-6-25(33)39-22-13-24-29(17-37-29)27(22,2)28(16-31)9-7-19(14-30)11-23(28)38-24/h3-6,11-12,18,21-24,30-32H,7-10,13-17H2,1-2H3/b5-3+,6-4-/t18-,21-,22+,23+,24+,27+,28+,29-/m0/s1. The van der Waals surface area contributed by atoms with Crippen LogP contribution in [0.4, 0.5) is 0 Å². The maximum atomic E-state index is 12.9. The molecule has 5 rings (SSSR count). The molecule has 214 valence electrons. The van der Waals surface area contributed by atoms with Gasteiger partial charge in [-0.1, -0.05) is 31.2 Å². The normalized spacial score (nSPS) is 38.5. The second kappa shape index (κ2) is 10.9. The summed E-state index contributed by atoms with van der Waals surface area (Å²) in [7, 11) is 0. The molecule has 0 aromatic carbocycles. The molecular formula is C29H38O10. The van der Waals surface area contributed by atoms with Gasteiger partial charge in [0.25, 0.3) is 0 Å². The lowest BCUT2D eigenvalue weighted by Gasteiger charge is -2.58. The van der Waals surface area contributed by atoms with E-state index in [-0.39, 0.29) is 38.0 Å². The number of cyclic esters (lactones) is 1. The minimum Gasteiger partial charge on any atom is -0.458 e. The van der Waals surface area contributed by atoms with Crippen LogP contribution in [0.25, 0.3) is 0 Å². The second-order valence-corrected chi connectivity index (χ2v) is 11.4. The van der Waals surface area contributed by atoms with Gasteiger partial charge >= 0.3 is 11.9 Å². The number of carbonyl (C=O) groups excluding carboxylic acids is 2. The van der Waals surface area contributed by atoms with Gasteiger partial charge in [0, 0.05) is 29.4 Å². The predicted octanol–water partition coefficient (Wildman–Crippen LogP) is 1.29. The molecule has 0 aromatic rings. The van der Waals surface area contributed by atoms with Gasteiger partial charge in [-0.05, 0) is 37.3 Å². The minimum absolute atomic E-state index is 0.0455. The van der Waals surface area contributed by atoms with E-state index in [0.717, 1.165) is 11.1 Å². The highest BCUT2D eigenvalue weighted by Gasteiger charge is 2.82. The third kappa shape index (κ3) is 4.81. The molecule has 0 unspecified atom stereocenters. The molecule has 39 heavy (non-hydrogen) atoms. The van der Waals surface area contributed by atoms with E-state index in [2.05, 4.69) is 0 Å². The van der Waals surface area contributed by atoms with E-state index in [1.165, 1.54) is 18.2 Å². The van der Waals surface area contributed by atoms with Crippen LogP contribution in [0.3, 0.4) is 0 Å². The van der Waals surface area contributed by atoms with E-state index in [1.807, 2.05) is 13.0 Å². The number of epoxide rings is 1. The molecule has 3 heterocycles. The first-order valence-electron chi connectivity index (χ1n) is 13.6. The summed E-state index contributed by atoms with van der Waals surface area (Å²) in [5.74, 6) is -0.872. The maximum Gasteiger partial charge on any atom is 0.331 e. The van der Waals surface area contributed by atoms with Crippen molar-refractivity contribution in [2.45, 2.75) is 75.7 Å². The summed E-state index contributed by atoms with van der Waals surface area (Å²) in [6.07, 6.45) is 9.21. The van der Waals surface area contributed by atoms with Crippen LogP contribution in [-0.4, -0.2) is 96.4 Å². The van der Waals surface area contributed by atoms with Crippen molar-refractivity contribution in [2.75, 3.05) is 33.0 Å². The first-order chi connectivity index (χ1) is 18.7. The Kier molecular flexibility index (Phi) is 7.89. The lowest BCUT2D eigenvalue weighted by atomic mass is 9.51. The van der Waals surface area contributed by atoms with E-state index in [1.54, 1.807) is 19.1 Å². The quantitative estimate of drug-likeness (QED) is 0.114. The van der Waals surface area contributed by atoms with Crippen molar-refractivity contribution in [1.29, 1.82) is 0 Å². The Balaban J connectivity index is 1.22. The summed E-state index contributed by atoms with van der Waals surface area (Å²) in [6.45, 7) is 4.53. The van der Waals surface area contributed by atoms with E-state index in [0.29, 0.717) is 38.9 Å². The van der Waals surface area contributed by atoms with Crippen molar-refractivity contribution in [3.05, 3.63) is 47.6 Å². The van der Waals surface area contributed by atoms with Gasteiger partial charge in [0.1, 0.15) is 24.4 Å². The second-order valence-electron chi connectivity index (χ2n) is 11.4. The van der Waals surface area contributed by atoms with Gasteiger partial charge < -0.3 is 39.0 Å². The van der Waals surface area contributed by atoms with E-state index in [9.17, 15) is 24.9 Å². The zero-order valence-electron chi connectivity index (χ0n) is 22.4. The van der Waals surface area contributed by atoms with Gasteiger partial charge in [-0.25, -0.2) is 9.59 Å². The van der Waals surface area contributed by atoms with Crippen LogP contribution in [0.5, 0.6) is 0 Å². The number of esters is 2. The van der Waals surface area contributed by atoms with Gasteiger partial charge in [-0.15, -0.1) is 0 Å². The monoisotopic (exact) mass is 546 g/mol. The summed E-state index contributed by atoms with van der Waals surface area (Å²) < 4.78 is 29.0.